The zero-order valence-corrected chi connectivity index (χ0v) is 15.9. The molecule has 1 aliphatic heterocycles. The van der Waals surface area contributed by atoms with Crippen molar-refractivity contribution in [3.63, 3.8) is 0 Å². The number of sulfonamides is 1. The number of hydrogen-bond acceptors (Lipinski definition) is 4. The number of fused-ring (bicyclic) bond motifs is 1. The molecule has 2 heterocycles. The molecule has 1 atom stereocenters. The van der Waals surface area contributed by atoms with E-state index in [1.165, 1.54) is 10.6 Å². The molecule has 0 bridgehead atoms. The van der Waals surface area contributed by atoms with Gasteiger partial charge in [0.1, 0.15) is 5.58 Å². The first kappa shape index (κ1) is 17.9. The summed E-state index contributed by atoms with van der Waals surface area (Å²) in [5.41, 5.74) is 3.62. The molecule has 0 unspecified atom stereocenters. The molecule has 0 radical (unpaired) electrons. The molecular weight excluding hydrogens is 340 g/mol. The molecule has 0 saturated carbocycles. The van der Waals surface area contributed by atoms with Gasteiger partial charge in [0.25, 0.3) is 5.91 Å². The molecule has 2 aromatic rings. The van der Waals surface area contributed by atoms with Crippen molar-refractivity contribution < 1.29 is 17.6 Å². The monoisotopic (exact) mass is 364 g/mol. The van der Waals surface area contributed by atoms with Crippen molar-refractivity contribution in [2.75, 3.05) is 19.3 Å². The van der Waals surface area contributed by atoms with E-state index < -0.39 is 10.0 Å². The maximum absolute atomic E-state index is 12.7. The van der Waals surface area contributed by atoms with Gasteiger partial charge < -0.3 is 9.73 Å². The SMILES string of the molecule is Cc1ccc(C)c2c(C)c(C(=O)N[C@H]3CCCN(S(C)(=O)=O)C3)oc12. The summed E-state index contributed by atoms with van der Waals surface area (Å²) >= 11 is 0. The highest BCUT2D eigenvalue weighted by Crippen LogP contribution is 2.30. The summed E-state index contributed by atoms with van der Waals surface area (Å²) in [4.78, 5) is 12.7. The van der Waals surface area contributed by atoms with Crippen LogP contribution in [0.2, 0.25) is 0 Å². The molecule has 1 aromatic carbocycles. The third-order valence-electron chi connectivity index (χ3n) is 4.88. The zero-order valence-electron chi connectivity index (χ0n) is 15.0. The minimum Gasteiger partial charge on any atom is -0.450 e. The van der Waals surface area contributed by atoms with Crippen LogP contribution in [0.5, 0.6) is 0 Å². The first-order valence-corrected chi connectivity index (χ1v) is 10.3. The lowest BCUT2D eigenvalue weighted by Gasteiger charge is -2.31. The van der Waals surface area contributed by atoms with Crippen LogP contribution in [-0.2, 0) is 10.0 Å². The second-order valence-corrected chi connectivity index (χ2v) is 8.88. The van der Waals surface area contributed by atoms with Crippen LogP contribution in [0.25, 0.3) is 11.0 Å². The van der Waals surface area contributed by atoms with Gasteiger partial charge in [-0.3, -0.25) is 4.79 Å². The van der Waals surface area contributed by atoms with Crippen molar-refractivity contribution in [2.24, 2.45) is 0 Å². The van der Waals surface area contributed by atoms with Crippen molar-refractivity contribution in [3.8, 4) is 0 Å². The van der Waals surface area contributed by atoms with Crippen molar-refractivity contribution in [1.29, 1.82) is 0 Å². The Morgan fingerprint density at radius 2 is 1.92 bits per heavy atom. The van der Waals surface area contributed by atoms with Gasteiger partial charge in [0.15, 0.2) is 5.76 Å². The van der Waals surface area contributed by atoms with E-state index >= 15 is 0 Å². The van der Waals surface area contributed by atoms with Crippen LogP contribution >= 0.6 is 0 Å². The van der Waals surface area contributed by atoms with E-state index in [2.05, 4.69) is 5.32 Å². The lowest BCUT2D eigenvalue weighted by molar-refractivity contribution is 0.0894. The Hall–Kier alpha value is -1.86. The highest BCUT2D eigenvalue weighted by atomic mass is 32.2. The summed E-state index contributed by atoms with van der Waals surface area (Å²) in [5.74, 6) is 0.0248. The van der Waals surface area contributed by atoms with Crippen LogP contribution in [0, 0.1) is 20.8 Å². The lowest BCUT2D eigenvalue weighted by atomic mass is 10.0. The number of furan rings is 1. The van der Waals surface area contributed by atoms with Gasteiger partial charge in [-0.15, -0.1) is 0 Å². The molecule has 1 aromatic heterocycles. The smallest absolute Gasteiger partial charge is 0.287 e. The van der Waals surface area contributed by atoms with Gasteiger partial charge in [-0.1, -0.05) is 12.1 Å². The van der Waals surface area contributed by atoms with E-state index in [0.29, 0.717) is 18.8 Å². The number of nitrogens with zero attached hydrogens (tertiary/aromatic N) is 1. The van der Waals surface area contributed by atoms with E-state index in [-0.39, 0.29) is 11.9 Å². The summed E-state index contributed by atoms with van der Waals surface area (Å²) in [6, 6.07) is 3.80. The van der Waals surface area contributed by atoms with Crippen molar-refractivity contribution >= 4 is 26.9 Å². The number of carbonyl (C=O) groups excluding carboxylic acids is 1. The molecule has 1 saturated heterocycles. The number of rotatable bonds is 3. The second kappa shape index (κ2) is 6.46. The quantitative estimate of drug-likeness (QED) is 0.907. The number of nitrogens with one attached hydrogen (secondary N) is 1. The minimum absolute atomic E-state index is 0.203. The molecular formula is C18H24N2O4S. The van der Waals surface area contributed by atoms with Crippen LogP contribution in [0.3, 0.4) is 0 Å². The molecule has 1 N–H and O–H groups in total. The maximum atomic E-state index is 12.7. The minimum atomic E-state index is -3.24. The first-order chi connectivity index (χ1) is 11.7. The molecule has 25 heavy (non-hydrogen) atoms. The number of amides is 1. The van der Waals surface area contributed by atoms with Crippen LogP contribution in [0.4, 0.5) is 0 Å². The van der Waals surface area contributed by atoms with Crippen molar-refractivity contribution in [2.45, 2.75) is 39.7 Å². The number of piperidine rings is 1. The molecule has 7 heteroatoms. The van der Waals surface area contributed by atoms with E-state index in [0.717, 1.165) is 40.5 Å². The predicted octanol–water partition coefficient (Wildman–Crippen LogP) is 2.51. The third-order valence-corrected chi connectivity index (χ3v) is 6.15. The van der Waals surface area contributed by atoms with E-state index in [1.54, 1.807) is 0 Å². The average molecular weight is 364 g/mol. The van der Waals surface area contributed by atoms with Gasteiger partial charge >= 0.3 is 0 Å². The third kappa shape index (κ3) is 3.43. The van der Waals surface area contributed by atoms with Gasteiger partial charge in [-0.05, 0) is 44.7 Å². The number of hydrogen-bond donors (Lipinski definition) is 1. The normalized spacial score (nSPS) is 19.3. The number of aryl methyl sites for hydroxylation is 3. The molecule has 1 fully saturated rings. The summed E-state index contributed by atoms with van der Waals surface area (Å²) in [7, 11) is -3.24. The lowest BCUT2D eigenvalue weighted by Crippen LogP contribution is -2.49. The first-order valence-electron chi connectivity index (χ1n) is 8.43. The molecule has 1 amide bonds. The van der Waals surface area contributed by atoms with Gasteiger partial charge in [0, 0.05) is 30.1 Å². The Kier molecular flexibility index (Phi) is 4.64. The Labute approximate surface area is 148 Å². The van der Waals surface area contributed by atoms with Crippen LogP contribution in [0.1, 0.15) is 40.1 Å². The topological polar surface area (TPSA) is 79.6 Å². The van der Waals surface area contributed by atoms with E-state index in [1.807, 2.05) is 32.9 Å². The maximum Gasteiger partial charge on any atom is 0.287 e. The Balaban J connectivity index is 1.85. The van der Waals surface area contributed by atoms with E-state index in [9.17, 15) is 13.2 Å². The predicted molar refractivity (Wildman–Crippen MR) is 97.3 cm³/mol. The molecule has 6 nitrogen and oxygen atoms in total. The number of carbonyl (C=O) groups is 1. The molecule has 0 spiro atoms. The van der Waals surface area contributed by atoms with Gasteiger partial charge in [0.2, 0.25) is 10.0 Å². The van der Waals surface area contributed by atoms with Gasteiger partial charge in [0.05, 0.1) is 6.26 Å². The largest absolute Gasteiger partial charge is 0.450 e. The standard InChI is InChI=1S/C18H24N2O4S/c1-11-7-8-12(2)16-15(11)13(3)17(24-16)18(21)19-14-6-5-9-20(10-14)25(4,22)23/h7-8,14H,5-6,9-10H2,1-4H3,(H,19,21)/t14-/m0/s1. The van der Waals surface area contributed by atoms with Crippen molar-refractivity contribution in [1.82, 2.24) is 9.62 Å². The summed E-state index contributed by atoms with van der Waals surface area (Å²) in [6.07, 6.45) is 2.69. The summed E-state index contributed by atoms with van der Waals surface area (Å²) in [5, 5.41) is 3.92. The molecule has 3 rings (SSSR count). The molecule has 0 aliphatic carbocycles. The zero-order chi connectivity index (χ0) is 18.4. The Morgan fingerprint density at radius 3 is 2.56 bits per heavy atom. The molecule has 1 aliphatic rings. The average Bonchev–Trinajstić information content (AvgIpc) is 2.89. The van der Waals surface area contributed by atoms with Crippen molar-refractivity contribution in [3.05, 3.63) is 34.6 Å². The van der Waals surface area contributed by atoms with Gasteiger partial charge in [-0.2, -0.15) is 0 Å². The van der Waals surface area contributed by atoms with Gasteiger partial charge in [-0.25, -0.2) is 12.7 Å². The second-order valence-electron chi connectivity index (χ2n) is 6.89. The highest BCUT2D eigenvalue weighted by Gasteiger charge is 2.28. The summed E-state index contributed by atoms with van der Waals surface area (Å²) < 4.78 is 30.7. The van der Waals surface area contributed by atoms with Crippen LogP contribution in [-0.4, -0.2) is 44.0 Å². The Bertz CT molecular complexity index is 930. The fourth-order valence-corrected chi connectivity index (χ4v) is 4.42. The molecule has 136 valence electrons. The highest BCUT2D eigenvalue weighted by molar-refractivity contribution is 7.88. The van der Waals surface area contributed by atoms with E-state index in [4.69, 9.17) is 4.42 Å². The van der Waals surface area contributed by atoms with Crippen LogP contribution < -0.4 is 5.32 Å². The Morgan fingerprint density at radius 1 is 1.24 bits per heavy atom. The van der Waals surface area contributed by atoms with Crippen LogP contribution in [0.15, 0.2) is 16.5 Å². The fraction of sp³-hybridized carbons (Fsp3) is 0.500. The number of benzene rings is 1. The fourth-order valence-electron chi connectivity index (χ4n) is 3.50. The summed E-state index contributed by atoms with van der Waals surface area (Å²) in [6.45, 7) is 6.65.